The number of methoxy groups -OCH3 is 2. The highest BCUT2D eigenvalue weighted by Gasteiger charge is 2.71. The molecule has 1 saturated carbocycles. The first-order valence-electron chi connectivity index (χ1n) is 11.5. The average molecular weight is 619 g/mol. The molecule has 18 heteroatoms. The molecule has 1 aliphatic carbocycles. The van der Waals surface area contributed by atoms with Gasteiger partial charge in [0.1, 0.15) is 0 Å². The molecule has 7 rings (SSSR count). The molecule has 2 bridgehead atoms. The Labute approximate surface area is 236 Å². The van der Waals surface area contributed by atoms with Gasteiger partial charge in [0.2, 0.25) is 5.91 Å². The van der Waals surface area contributed by atoms with Gasteiger partial charge in [0.15, 0.2) is 11.5 Å². The van der Waals surface area contributed by atoms with E-state index in [0.29, 0.717) is 36.7 Å². The highest BCUT2D eigenvalue weighted by molar-refractivity contribution is 7.79. The topological polar surface area (TPSA) is 346 Å². The molecule has 0 unspecified atom stereocenters. The maximum absolute atomic E-state index is 13.5. The van der Waals surface area contributed by atoms with Crippen molar-refractivity contribution >= 4 is 22.0 Å². The van der Waals surface area contributed by atoms with Crippen molar-refractivity contribution in [2.24, 2.45) is 11.8 Å². The molecule has 16 N–H and O–H groups in total. The monoisotopic (exact) mass is 618 g/mol. The Morgan fingerprint density at radius 3 is 2.17 bits per heavy atom. The lowest BCUT2D eigenvalue weighted by atomic mass is 9.53. The van der Waals surface area contributed by atoms with E-state index in [2.05, 4.69) is 21.9 Å². The molecule has 0 aromatic heterocycles. The summed E-state index contributed by atoms with van der Waals surface area (Å²) >= 11 is 0. The standard InChI is InChI=1S/C23H26N2O4.H2O4S.7H2O/c1-27-16-8-14-15(9-17(16)28-2)25-20(26)10-18-21-13-7-19-23(14,22(21)25)4-5-24(19)11-12(13)3-6-29-18;1-5(2,3)4;;;;;;;/h3,8-9,13,18-19,21-22H,4-7,10-11H2,1-2H3;(H2,1,2,3,4);7*1H2/t13-,18-,19-,21-,22-,23+;;;;;;;;/m0......../s1. The van der Waals surface area contributed by atoms with E-state index in [1.807, 2.05) is 6.07 Å². The molecule has 41 heavy (non-hydrogen) atoms. The maximum atomic E-state index is 13.5. The number of nitrogens with zero attached hydrogens (tertiary/aromatic N) is 2. The van der Waals surface area contributed by atoms with Crippen LogP contribution in [0, 0.1) is 11.8 Å². The summed E-state index contributed by atoms with van der Waals surface area (Å²) in [6.45, 7) is 2.80. The van der Waals surface area contributed by atoms with E-state index in [1.54, 1.807) is 19.8 Å². The molecule has 3 saturated heterocycles. The number of hydrogen-bond acceptors (Lipinski definition) is 7. The van der Waals surface area contributed by atoms with Crippen LogP contribution < -0.4 is 14.4 Å². The van der Waals surface area contributed by atoms with E-state index >= 15 is 0 Å². The fraction of sp³-hybridized carbons (Fsp3) is 0.609. The Bertz CT molecular complexity index is 1200. The zero-order valence-electron chi connectivity index (χ0n) is 22.5. The Morgan fingerprint density at radius 2 is 1.59 bits per heavy atom. The van der Waals surface area contributed by atoms with Gasteiger partial charge in [-0.1, -0.05) is 11.6 Å². The molecule has 17 nitrogen and oxygen atoms in total. The van der Waals surface area contributed by atoms with Crippen molar-refractivity contribution in [3.63, 3.8) is 0 Å². The van der Waals surface area contributed by atoms with Crippen LogP contribution in [0.3, 0.4) is 0 Å². The van der Waals surface area contributed by atoms with Crippen molar-refractivity contribution in [1.82, 2.24) is 4.90 Å². The van der Waals surface area contributed by atoms with Crippen LogP contribution in [0.15, 0.2) is 23.8 Å². The smallest absolute Gasteiger partial charge is 0.394 e. The average Bonchev–Trinajstić information content (AvgIpc) is 3.24. The SMILES string of the molecule is COc1cc2c(cc1OC)[C@@]13CCN4CC5=CCO[C@H]6CC(=O)N2[C@H]1[C@H]6[C@H]5C[C@H]43.O.O.O.O.O.O.O.O=S(=O)(O)O. The van der Waals surface area contributed by atoms with E-state index in [4.69, 9.17) is 31.7 Å². The van der Waals surface area contributed by atoms with Crippen molar-refractivity contribution < 1.29 is 74.9 Å². The van der Waals surface area contributed by atoms with E-state index < -0.39 is 10.4 Å². The van der Waals surface area contributed by atoms with Gasteiger partial charge in [0.05, 0.1) is 45.1 Å². The third kappa shape index (κ3) is 5.66. The van der Waals surface area contributed by atoms with Crippen molar-refractivity contribution in [2.75, 3.05) is 38.8 Å². The first kappa shape index (κ1) is 40.7. The fourth-order valence-electron chi connectivity index (χ4n) is 7.87. The van der Waals surface area contributed by atoms with Crippen LogP contribution in [-0.4, -0.2) is 119 Å². The molecule has 4 fully saturated rings. The summed E-state index contributed by atoms with van der Waals surface area (Å²) < 4.78 is 49.2. The van der Waals surface area contributed by atoms with Crippen molar-refractivity contribution in [1.29, 1.82) is 0 Å². The number of carbonyl (C=O) groups excluding carboxylic acids is 1. The largest absolute Gasteiger partial charge is 0.493 e. The van der Waals surface area contributed by atoms with Crippen molar-refractivity contribution in [2.45, 2.75) is 42.9 Å². The molecule has 240 valence electrons. The summed E-state index contributed by atoms with van der Waals surface area (Å²) in [4.78, 5) is 18.3. The third-order valence-corrected chi connectivity index (χ3v) is 8.81. The number of benzene rings is 1. The second-order valence-corrected chi connectivity index (χ2v) is 10.8. The van der Waals surface area contributed by atoms with Gasteiger partial charge < -0.3 is 57.4 Å². The number of anilines is 1. The molecule has 1 aromatic carbocycles. The summed E-state index contributed by atoms with van der Waals surface area (Å²) in [5.74, 6) is 2.57. The molecular weight excluding hydrogens is 576 g/mol. The van der Waals surface area contributed by atoms with Crippen LogP contribution in [0.2, 0.25) is 0 Å². The van der Waals surface area contributed by atoms with Gasteiger partial charge >= 0.3 is 10.4 Å². The Hall–Kier alpha value is -2.46. The number of piperidine rings is 2. The molecule has 5 aliphatic heterocycles. The van der Waals surface area contributed by atoms with Gasteiger partial charge in [-0.3, -0.25) is 18.8 Å². The quantitative estimate of drug-likeness (QED) is 0.238. The van der Waals surface area contributed by atoms with Gasteiger partial charge in [-0.25, -0.2) is 0 Å². The summed E-state index contributed by atoms with van der Waals surface area (Å²) in [6.07, 6.45) is 5.11. The van der Waals surface area contributed by atoms with Gasteiger partial charge in [0, 0.05) is 30.0 Å². The number of fused-ring (bicyclic) bond motifs is 2. The lowest BCUT2D eigenvalue weighted by Gasteiger charge is -2.58. The van der Waals surface area contributed by atoms with Gasteiger partial charge in [0.25, 0.3) is 0 Å². The highest BCUT2D eigenvalue weighted by Crippen LogP contribution is 2.66. The lowest BCUT2D eigenvalue weighted by molar-refractivity contribution is -0.132. The predicted octanol–water partition coefficient (Wildman–Crippen LogP) is -4.32. The van der Waals surface area contributed by atoms with Crippen LogP contribution in [0.1, 0.15) is 24.8 Å². The van der Waals surface area contributed by atoms with Crippen LogP contribution in [0.5, 0.6) is 11.5 Å². The molecule has 5 heterocycles. The minimum Gasteiger partial charge on any atom is -0.493 e. The number of hydrogen-bond donors (Lipinski definition) is 2. The maximum Gasteiger partial charge on any atom is 0.394 e. The number of rotatable bonds is 2. The zero-order chi connectivity index (χ0) is 24.0. The normalized spacial score (nSPS) is 30.4. The highest BCUT2D eigenvalue weighted by atomic mass is 32.3. The number of carbonyl (C=O) groups is 1. The first-order valence-corrected chi connectivity index (χ1v) is 12.9. The summed E-state index contributed by atoms with van der Waals surface area (Å²) in [5, 5.41) is 0. The summed E-state index contributed by atoms with van der Waals surface area (Å²) in [6, 6.07) is 4.87. The van der Waals surface area contributed by atoms with E-state index in [1.165, 1.54) is 12.0 Å². The molecule has 6 aliphatic rings. The summed E-state index contributed by atoms with van der Waals surface area (Å²) in [5.41, 5.74) is 3.85. The second kappa shape index (κ2) is 13.7. The van der Waals surface area contributed by atoms with Crippen LogP contribution in [0.25, 0.3) is 0 Å². The van der Waals surface area contributed by atoms with Gasteiger partial charge in [-0.05, 0) is 36.9 Å². The molecular formula is C23H42N2O15S. The minimum atomic E-state index is -4.67. The van der Waals surface area contributed by atoms with Crippen LogP contribution in [0.4, 0.5) is 5.69 Å². The molecule has 1 amide bonds. The zero-order valence-corrected chi connectivity index (χ0v) is 23.3. The van der Waals surface area contributed by atoms with Crippen molar-refractivity contribution in [3.05, 3.63) is 29.3 Å². The first-order chi connectivity index (χ1) is 16.2. The fourth-order valence-corrected chi connectivity index (χ4v) is 7.87. The Kier molecular flexibility index (Phi) is 13.6. The van der Waals surface area contributed by atoms with Crippen LogP contribution >= 0.6 is 0 Å². The van der Waals surface area contributed by atoms with E-state index in [0.717, 1.165) is 30.9 Å². The Morgan fingerprint density at radius 1 is 1.00 bits per heavy atom. The third-order valence-electron chi connectivity index (χ3n) is 8.81. The number of ether oxygens (including phenoxy) is 3. The second-order valence-electron chi connectivity index (χ2n) is 9.93. The molecule has 0 radical (unpaired) electrons. The van der Waals surface area contributed by atoms with Gasteiger partial charge in [-0.2, -0.15) is 8.42 Å². The van der Waals surface area contributed by atoms with Crippen LogP contribution in [-0.2, 0) is 25.3 Å². The minimum absolute atomic E-state index is 0. The van der Waals surface area contributed by atoms with Gasteiger partial charge in [-0.15, -0.1) is 0 Å². The lowest BCUT2D eigenvalue weighted by Crippen LogP contribution is -2.69. The summed E-state index contributed by atoms with van der Waals surface area (Å²) in [7, 11) is -1.31. The Balaban J connectivity index is 0. The predicted molar refractivity (Wildman–Crippen MR) is 146 cm³/mol. The molecule has 1 aromatic rings. The molecule has 1 spiro atoms. The molecule has 6 atom stereocenters. The van der Waals surface area contributed by atoms with E-state index in [9.17, 15) is 4.79 Å². The van der Waals surface area contributed by atoms with Crippen molar-refractivity contribution in [3.8, 4) is 11.5 Å². The number of amides is 1. The van der Waals surface area contributed by atoms with E-state index in [-0.39, 0.29) is 61.8 Å².